The molecule has 0 radical (unpaired) electrons. The van der Waals surface area contributed by atoms with E-state index in [0.717, 1.165) is 45.8 Å². The molecule has 5 rings (SSSR count). The summed E-state index contributed by atoms with van der Waals surface area (Å²) in [7, 11) is 0. The van der Waals surface area contributed by atoms with Crippen LogP contribution >= 0.6 is 0 Å². The van der Waals surface area contributed by atoms with Crippen molar-refractivity contribution >= 4 is 51.4 Å². The van der Waals surface area contributed by atoms with Crippen LogP contribution < -0.4 is 16.1 Å². The number of nitrogens with zero attached hydrogens (tertiary/aromatic N) is 3. The van der Waals surface area contributed by atoms with E-state index < -0.39 is 11.4 Å². The normalized spacial score (nSPS) is 11.3. The number of aliphatic hydroxyl groups is 1. The number of aryl methyl sites for hydroxylation is 2. The van der Waals surface area contributed by atoms with Gasteiger partial charge in [-0.05, 0) is 61.1 Å². The average molecular weight is 621 g/mol. The zero-order valence-electron chi connectivity index (χ0n) is 24.9. The van der Waals surface area contributed by atoms with Crippen molar-refractivity contribution in [2.75, 3.05) is 6.61 Å². The van der Waals surface area contributed by atoms with E-state index in [1.807, 2.05) is 93.6 Å². The van der Waals surface area contributed by atoms with Crippen molar-refractivity contribution in [2.45, 2.75) is 59.1 Å². The van der Waals surface area contributed by atoms with Crippen LogP contribution in [0.2, 0.25) is 0 Å². The van der Waals surface area contributed by atoms with Crippen LogP contribution in [0.5, 0.6) is 5.75 Å². The molecule has 224 valence electrons. The van der Waals surface area contributed by atoms with Gasteiger partial charge in [-0.15, -0.1) is 0 Å². The number of hydrogen-bond acceptors (Lipinski definition) is 7. The Hall–Kier alpha value is -3.12. The first-order valence-electron chi connectivity index (χ1n) is 14.5. The summed E-state index contributed by atoms with van der Waals surface area (Å²) in [6.45, 7) is 7.99. The van der Waals surface area contributed by atoms with Gasteiger partial charge in [-0.2, -0.15) is 0 Å². The standard InChI is InChI=1S/C34H36N4O5.K.H/c1-5-9-29-35-28(6-2)30(24-16-18-25(19-17-24)42-34(3,4)21-39)32(40)38(29)20-22-12-14-23(15-13-22)26-10-7-8-11-27(26)31-36-33(41)43-37-31;;/h7-8,10-19,39H,5-6,9,20-21H2,1-4H3,(H,36,37,41);;. The predicted molar refractivity (Wildman–Crippen MR) is 173 cm³/mol. The molecule has 0 saturated carbocycles. The zero-order valence-corrected chi connectivity index (χ0v) is 24.9. The van der Waals surface area contributed by atoms with E-state index in [1.165, 1.54) is 0 Å². The molecule has 44 heavy (non-hydrogen) atoms. The van der Waals surface area contributed by atoms with Gasteiger partial charge in [-0.1, -0.05) is 79.7 Å². The summed E-state index contributed by atoms with van der Waals surface area (Å²) in [5.41, 5.74) is 4.89. The van der Waals surface area contributed by atoms with Crippen molar-refractivity contribution in [1.82, 2.24) is 19.7 Å². The number of aromatic nitrogens is 4. The van der Waals surface area contributed by atoms with Gasteiger partial charge >= 0.3 is 57.1 Å². The van der Waals surface area contributed by atoms with Crippen molar-refractivity contribution in [2.24, 2.45) is 0 Å². The van der Waals surface area contributed by atoms with Crippen molar-refractivity contribution < 1.29 is 14.4 Å². The van der Waals surface area contributed by atoms with E-state index >= 15 is 0 Å². The third-order valence-electron chi connectivity index (χ3n) is 7.28. The maximum absolute atomic E-state index is 14.1. The topological polar surface area (TPSA) is 123 Å². The molecule has 0 aliphatic carbocycles. The van der Waals surface area contributed by atoms with Gasteiger partial charge < -0.3 is 9.84 Å². The second-order valence-electron chi connectivity index (χ2n) is 11.1. The fourth-order valence-corrected chi connectivity index (χ4v) is 5.07. The molecule has 10 heteroatoms. The van der Waals surface area contributed by atoms with Gasteiger partial charge in [0.2, 0.25) is 0 Å². The molecular weight excluding hydrogens is 583 g/mol. The Bertz CT molecular complexity index is 1820. The van der Waals surface area contributed by atoms with E-state index in [-0.39, 0.29) is 63.6 Å². The van der Waals surface area contributed by atoms with Gasteiger partial charge in [0.05, 0.1) is 24.4 Å². The summed E-state index contributed by atoms with van der Waals surface area (Å²) in [6, 6.07) is 23.0. The Morgan fingerprint density at radius 3 is 2.18 bits per heavy atom. The summed E-state index contributed by atoms with van der Waals surface area (Å²) < 4.78 is 12.4. The second-order valence-corrected chi connectivity index (χ2v) is 11.1. The summed E-state index contributed by atoms with van der Waals surface area (Å²) in [5.74, 6) is 1.15. The van der Waals surface area contributed by atoms with Crippen LogP contribution in [0.4, 0.5) is 0 Å². The fraction of sp³-hybridized carbons (Fsp3) is 0.294. The fourth-order valence-electron chi connectivity index (χ4n) is 5.07. The summed E-state index contributed by atoms with van der Waals surface area (Å²) in [4.78, 5) is 33.2. The molecule has 2 heterocycles. The molecule has 0 aliphatic rings. The molecule has 5 aromatic rings. The third-order valence-corrected chi connectivity index (χ3v) is 7.28. The molecule has 0 saturated heterocycles. The first-order valence-corrected chi connectivity index (χ1v) is 14.5. The molecule has 9 nitrogen and oxygen atoms in total. The average Bonchev–Trinajstić information content (AvgIpc) is 3.45. The molecule has 2 N–H and O–H groups in total. The molecule has 0 fully saturated rings. The van der Waals surface area contributed by atoms with Crippen LogP contribution in [0, 0.1) is 0 Å². The number of hydrogen-bond donors (Lipinski definition) is 2. The van der Waals surface area contributed by atoms with E-state index in [4.69, 9.17) is 14.2 Å². The number of ether oxygens (including phenoxy) is 1. The number of rotatable bonds is 11. The molecule has 0 aliphatic heterocycles. The number of aliphatic hydroxyl groups excluding tert-OH is 1. The van der Waals surface area contributed by atoms with Crippen LogP contribution in [-0.2, 0) is 19.4 Å². The van der Waals surface area contributed by atoms with Gasteiger partial charge in [0.25, 0.3) is 5.56 Å². The van der Waals surface area contributed by atoms with Crippen molar-refractivity contribution in [3.63, 3.8) is 0 Å². The van der Waals surface area contributed by atoms with E-state index in [2.05, 4.69) is 17.1 Å². The Kier molecular flexibility index (Phi) is 11.3. The van der Waals surface area contributed by atoms with Gasteiger partial charge in [-0.3, -0.25) is 18.9 Å². The van der Waals surface area contributed by atoms with E-state index in [1.54, 1.807) is 4.57 Å². The first-order chi connectivity index (χ1) is 20.7. The Labute approximate surface area is 298 Å². The first kappa shape index (κ1) is 33.8. The number of aromatic amines is 1. The van der Waals surface area contributed by atoms with Crippen molar-refractivity contribution in [3.8, 4) is 39.4 Å². The predicted octanol–water partition coefficient (Wildman–Crippen LogP) is 4.99. The van der Waals surface area contributed by atoms with Crippen LogP contribution in [0.3, 0.4) is 0 Å². The summed E-state index contributed by atoms with van der Waals surface area (Å²) in [5, 5.41) is 13.4. The molecule has 3 aromatic carbocycles. The van der Waals surface area contributed by atoms with Crippen LogP contribution in [0.15, 0.2) is 86.9 Å². The molecule has 0 spiro atoms. The van der Waals surface area contributed by atoms with Crippen molar-refractivity contribution in [3.05, 3.63) is 111 Å². The van der Waals surface area contributed by atoms with Gasteiger partial charge in [0, 0.05) is 12.0 Å². The molecule has 0 bridgehead atoms. The maximum atomic E-state index is 14.1. The molecule has 0 unspecified atom stereocenters. The number of benzene rings is 3. The number of nitrogens with one attached hydrogen (secondary N) is 1. The van der Waals surface area contributed by atoms with Gasteiger partial charge in [0.1, 0.15) is 17.2 Å². The molecule has 0 amide bonds. The molecule has 2 aromatic heterocycles. The molecule has 0 atom stereocenters. The summed E-state index contributed by atoms with van der Waals surface area (Å²) in [6.07, 6.45) is 2.18. The van der Waals surface area contributed by atoms with Crippen molar-refractivity contribution in [1.29, 1.82) is 0 Å². The summed E-state index contributed by atoms with van der Waals surface area (Å²) >= 11 is 0. The van der Waals surface area contributed by atoms with E-state index in [9.17, 15) is 14.7 Å². The molecular formula is C34H37KN4O5. The number of H-pyrrole nitrogens is 1. The van der Waals surface area contributed by atoms with Gasteiger partial charge in [0.15, 0.2) is 5.82 Å². The third kappa shape index (κ3) is 7.56. The Morgan fingerprint density at radius 1 is 0.932 bits per heavy atom. The minimum absolute atomic E-state index is 0. The van der Waals surface area contributed by atoms with E-state index in [0.29, 0.717) is 36.5 Å². The van der Waals surface area contributed by atoms with Gasteiger partial charge in [-0.25, -0.2) is 9.78 Å². The SMILES string of the molecule is CCCc1nc(CC)c(-c2ccc(OC(C)(C)CO)cc2)c(=O)n1Cc1ccc(-c2ccccc2-c2noc(=O)[nH]2)cc1.[KH]. The minimum atomic E-state index is -0.710. The second kappa shape index (κ2) is 14.8. The zero-order chi connectivity index (χ0) is 30.6. The van der Waals surface area contributed by atoms with Crippen LogP contribution in [0.1, 0.15) is 51.2 Å². The van der Waals surface area contributed by atoms with Crippen LogP contribution in [0.25, 0.3) is 33.6 Å². The Balaban J connectivity index is 0.00000442. The Morgan fingerprint density at radius 2 is 1.59 bits per heavy atom. The van der Waals surface area contributed by atoms with Crippen LogP contribution in [-0.4, -0.2) is 88.4 Å². The quantitative estimate of drug-likeness (QED) is 0.200. The monoisotopic (exact) mass is 620 g/mol.